The Kier molecular flexibility index (Phi) is 2.01. The summed E-state index contributed by atoms with van der Waals surface area (Å²) < 4.78 is 0. The van der Waals surface area contributed by atoms with E-state index >= 15 is 0 Å². The summed E-state index contributed by atoms with van der Waals surface area (Å²) in [7, 11) is 0. The van der Waals surface area contributed by atoms with E-state index in [0.717, 1.165) is 12.1 Å². The molecule has 1 amide bonds. The number of amides is 1. The summed E-state index contributed by atoms with van der Waals surface area (Å²) in [5.74, 6) is 0.671. The Hall–Kier alpha value is -1.31. The summed E-state index contributed by atoms with van der Waals surface area (Å²) in [4.78, 5) is 13.9. The van der Waals surface area contributed by atoms with Gasteiger partial charge >= 0.3 is 0 Å². The number of fused-ring (bicyclic) bond motifs is 1. The molecule has 0 aromatic heterocycles. The van der Waals surface area contributed by atoms with Gasteiger partial charge in [0.25, 0.3) is 0 Å². The van der Waals surface area contributed by atoms with Gasteiger partial charge in [0, 0.05) is 11.7 Å². The van der Waals surface area contributed by atoms with Gasteiger partial charge < -0.3 is 4.90 Å². The smallest absolute Gasteiger partial charge is 0.232 e. The molecule has 0 unspecified atom stereocenters. The summed E-state index contributed by atoms with van der Waals surface area (Å²) in [6, 6.07) is 10.5. The van der Waals surface area contributed by atoms with E-state index in [1.54, 1.807) is 0 Å². The van der Waals surface area contributed by atoms with Crippen LogP contribution in [0.1, 0.15) is 25.7 Å². The molecule has 1 aliphatic carbocycles. The highest BCUT2D eigenvalue weighted by Crippen LogP contribution is 2.41. The monoisotopic (exact) mass is 201 g/mol. The molecule has 2 atom stereocenters. The van der Waals surface area contributed by atoms with Crippen molar-refractivity contribution in [3.63, 3.8) is 0 Å². The zero-order valence-electron chi connectivity index (χ0n) is 8.73. The first kappa shape index (κ1) is 8.96. The zero-order chi connectivity index (χ0) is 10.3. The molecule has 15 heavy (non-hydrogen) atoms. The molecule has 2 aliphatic rings. The first-order chi connectivity index (χ1) is 7.38. The van der Waals surface area contributed by atoms with Gasteiger partial charge in [0.15, 0.2) is 0 Å². The van der Waals surface area contributed by atoms with Crippen LogP contribution in [-0.4, -0.2) is 11.9 Å². The van der Waals surface area contributed by atoms with E-state index in [1.165, 1.54) is 19.3 Å². The summed E-state index contributed by atoms with van der Waals surface area (Å²) >= 11 is 0. The van der Waals surface area contributed by atoms with Gasteiger partial charge in [-0.1, -0.05) is 31.0 Å². The maximum Gasteiger partial charge on any atom is 0.232 e. The van der Waals surface area contributed by atoms with E-state index in [4.69, 9.17) is 0 Å². The molecule has 2 fully saturated rings. The zero-order valence-corrected chi connectivity index (χ0v) is 8.73. The van der Waals surface area contributed by atoms with Crippen LogP contribution < -0.4 is 4.90 Å². The molecule has 2 heteroatoms. The highest BCUT2D eigenvalue weighted by molar-refractivity contribution is 6.02. The lowest BCUT2D eigenvalue weighted by atomic mass is 9.76. The molecule has 1 saturated heterocycles. The maximum absolute atomic E-state index is 11.9. The lowest BCUT2D eigenvalue weighted by Gasteiger charge is -2.49. The first-order valence-corrected chi connectivity index (χ1v) is 5.76. The molecule has 3 rings (SSSR count). The fourth-order valence-corrected chi connectivity index (χ4v) is 2.88. The van der Waals surface area contributed by atoms with Crippen molar-refractivity contribution in [2.45, 2.75) is 31.7 Å². The third-order valence-electron chi connectivity index (χ3n) is 3.65. The highest BCUT2D eigenvalue weighted by Gasteiger charge is 2.48. The van der Waals surface area contributed by atoms with Crippen molar-refractivity contribution in [1.82, 2.24) is 0 Å². The molecule has 1 aliphatic heterocycles. The second kappa shape index (κ2) is 3.37. The number of nitrogens with zero attached hydrogens (tertiary/aromatic N) is 1. The number of benzene rings is 1. The van der Waals surface area contributed by atoms with Crippen LogP contribution in [0.3, 0.4) is 0 Å². The normalized spacial score (nSPS) is 29.6. The lowest BCUT2D eigenvalue weighted by molar-refractivity contribution is -0.131. The minimum atomic E-state index is 0.332. The molecule has 1 heterocycles. The van der Waals surface area contributed by atoms with Crippen LogP contribution in [0.15, 0.2) is 30.3 Å². The predicted molar refractivity (Wildman–Crippen MR) is 59.7 cm³/mol. The molecule has 0 radical (unpaired) electrons. The van der Waals surface area contributed by atoms with Crippen LogP contribution in [0.4, 0.5) is 5.69 Å². The molecule has 1 aromatic rings. The van der Waals surface area contributed by atoms with E-state index in [2.05, 4.69) is 0 Å². The molecule has 78 valence electrons. The molecule has 1 saturated carbocycles. The van der Waals surface area contributed by atoms with Crippen LogP contribution >= 0.6 is 0 Å². The van der Waals surface area contributed by atoms with Gasteiger partial charge in [0.2, 0.25) is 5.91 Å². The number of para-hydroxylation sites is 1. The largest absolute Gasteiger partial charge is 0.308 e. The Morgan fingerprint density at radius 2 is 1.80 bits per heavy atom. The summed E-state index contributed by atoms with van der Waals surface area (Å²) in [5.41, 5.74) is 1.07. The Balaban J connectivity index is 1.86. The maximum atomic E-state index is 11.9. The van der Waals surface area contributed by atoms with E-state index in [1.807, 2.05) is 35.2 Å². The van der Waals surface area contributed by atoms with Crippen molar-refractivity contribution in [3.05, 3.63) is 30.3 Å². The molecule has 0 N–H and O–H groups in total. The van der Waals surface area contributed by atoms with Gasteiger partial charge in [0.1, 0.15) is 0 Å². The number of rotatable bonds is 1. The minimum absolute atomic E-state index is 0.332. The number of hydrogen-bond acceptors (Lipinski definition) is 1. The van der Waals surface area contributed by atoms with Gasteiger partial charge in [-0.15, -0.1) is 0 Å². The summed E-state index contributed by atoms with van der Waals surface area (Å²) in [5, 5.41) is 0. The molecule has 2 nitrogen and oxygen atoms in total. The number of β-lactam (4-membered cyclic amide) rings is 1. The Bertz CT molecular complexity index is 373. The van der Waals surface area contributed by atoms with E-state index < -0.39 is 0 Å². The summed E-state index contributed by atoms with van der Waals surface area (Å²) in [6.45, 7) is 0. The second-order valence-corrected chi connectivity index (χ2v) is 4.50. The fraction of sp³-hybridized carbons (Fsp3) is 0.462. The van der Waals surface area contributed by atoms with Gasteiger partial charge in [0.05, 0.1) is 5.92 Å². The second-order valence-electron chi connectivity index (χ2n) is 4.50. The summed E-state index contributed by atoms with van der Waals surface area (Å²) in [6.07, 6.45) is 4.80. The van der Waals surface area contributed by atoms with Gasteiger partial charge in [-0.25, -0.2) is 0 Å². The number of anilines is 1. The van der Waals surface area contributed by atoms with Crippen molar-refractivity contribution >= 4 is 11.6 Å². The lowest BCUT2D eigenvalue weighted by Crippen LogP contribution is -2.62. The Labute approximate surface area is 89.9 Å². The van der Waals surface area contributed by atoms with Crippen LogP contribution in [0.25, 0.3) is 0 Å². The topological polar surface area (TPSA) is 20.3 Å². The molecule has 1 aromatic carbocycles. The number of carbonyl (C=O) groups is 1. The number of hydrogen-bond donors (Lipinski definition) is 0. The van der Waals surface area contributed by atoms with Crippen LogP contribution in [-0.2, 0) is 4.79 Å². The number of carbonyl (C=O) groups excluding carboxylic acids is 1. The highest BCUT2D eigenvalue weighted by atomic mass is 16.2. The van der Waals surface area contributed by atoms with Crippen LogP contribution in [0, 0.1) is 5.92 Å². The Morgan fingerprint density at radius 3 is 2.60 bits per heavy atom. The minimum Gasteiger partial charge on any atom is -0.308 e. The fourth-order valence-electron chi connectivity index (χ4n) is 2.88. The van der Waals surface area contributed by atoms with Gasteiger partial charge in [-0.3, -0.25) is 4.79 Å². The van der Waals surface area contributed by atoms with Crippen LogP contribution in [0.5, 0.6) is 0 Å². The van der Waals surface area contributed by atoms with Gasteiger partial charge in [-0.05, 0) is 25.0 Å². The first-order valence-electron chi connectivity index (χ1n) is 5.76. The van der Waals surface area contributed by atoms with Crippen molar-refractivity contribution in [2.75, 3.05) is 4.90 Å². The average molecular weight is 201 g/mol. The van der Waals surface area contributed by atoms with Crippen LogP contribution in [0.2, 0.25) is 0 Å². The predicted octanol–water partition coefficient (Wildman–Crippen LogP) is 2.59. The van der Waals surface area contributed by atoms with Crippen molar-refractivity contribution in [2.24, 2.45) is 5.92 Å². The van der Waals surface area contributed by atoms with E-state index in [0.29, 0.717) is 17.9 Å². The van der Waals surface area contributed by atoms with E-state index in [-0.39, 0.29) is 0 Å². The Morgan fingerprint density at radius 1 is 1.07 bits per heavy atom. The quantitative estimate of drug-likeness (QED) is 0.639. The standard InChI is InChI=1S/C13H15NO/c15-13-11-8-4-5-9-12(11)14(13)10-6-2-1-3-7-10/h1-3,6-7,11-12H,4-5,8-9H2/t11-,12+/m1/s1. The third kappa shape index (κ3) is 1.28. The van der Waals surface area contributed by atoms with Crippen molar-refractivity contribution in [3.8, 4) is 0 Å². The molecule has 0 spiro atoms. The molecular formula is C13H15NO. The average Bonchev–Trinajstić information content (AvgIpc) is 2.30. The van der Waals surface area contributed by atoms with E-state index in [9.17, 15) is 4.79 Å². The van der Waals surface area contributed by atoms with Crippen molar-refractivity contribution in [1.29, 1.82) is 0 Å². The van der Waals surface area contributed by atoms with Crippen molar-refractivity contribution < 1.29 is 4.79 Å². The molecule has 0 bridgehead atoms. The third-order valence-corrected chi connectivity index (χ3v) is 3.65. The van der Waals surface area contributed by atoms with Gasteiger partial charge in [-0.2, -0.15) is 0 Å². The molecular weight excluding hydrogens is 186 g/mol. The SMILES string of the molecule is O=C1[C@@H]2CCCC[C@@H]2N1c1ccccc1.